The molecule has 7 heteroatoms. The number of aromatic nitrogens is 1. The third-order valence-corrected chi connectivity index (χ3v) is 5.45. The fraction of sp³-hybridized carbons (Fsp3) is 0.0769. The molecule has 2 heterocycles. The maximum absolute atomic E-state index is 12.6. The van der Waals surface area contributed by atoms with Crippen molar-refractivity contribution in [2.75, 3.05) is 0 Å². The van der Waals surface area contributed by atoms with E-state index in [1.807, 2.05) is 66.7 Å². The molecule has 3 aromatic carbocycles. The molecule has 2 N–H and O–H groups in total. The highest BCUT2D eigenvalue weighted by atomic mass is 19.3. The highest BCUT2D eigenvalue weighted by Gasteiger charge is 2.31. The molecule has 2 amide bonds. The molecule has 164 valence electrons. The van der Waals surface area contributed by atoms with E-state index in [2.05, 4.69) is 15.4 Å². The molecule has 33 heavy (non-hydrogen) atoms. The highest BCUT2D eigenvalue weighted by Crippen LogP contribution is 2.38. The highest BCUT2D eigenvalue weighted by molar-refractivity contribution is 6.03. The molecule has 5 nitrogen and oxygen atoms in total. The Balaban J connectivity index is 1.68. The first-order valence-corrected chi connectivity index (χ1v) is 10.4. The number of benzene rings is 3. The Morgan fingerprint density at radius 2 is 1.58 bits per heavy atom. The van der Waals surface area contributed by atoms with Crippen LogP contribution in [0.5, 0.6) is 5.75 Å². The Morgan fingerprint density at radius 1 is 0.848 bits per heavy atom. The van der Waals surface area contributed by atoms with E-state index in [0.717, 1.165) is 22.0 Å². The van der Waals surface area contributed by atoms with Crippen LogP contribution >= 0.6 is 0 Å². The number of amides is 2. The van der Waals surface area contributed by atoms with Crippen LogP contribution in [0.3, 0.4) is 0 Å². The fourth-order valence-corrected chi connectivity index (χ4v) is 3.98. The molecule has 0 radical (unpaired) electrons. The Bertz CT molecular complexity index is 1340. The van der Waals surface area contributed by atoms with Gasteiger partial charge in [0.15, 0.2) is 0 Å². The minimum Gasteiger partial charge on any atom is -0.435 e. The monoisotopic (exact) mass is 443 g/mol. The number of urea groups is 1. The summed E-state index contributed by atoms with van der Waals surface area (Å²) in [6.45, 7) is -2.91. The number of hydrogen-bond donors (Lipinski definition) is 2. The van der Waals surface area contributed by atoms with Crippen molar-refractivity contribution in [1.82, 2.24) is 15.6 Å². The lowest BCUT2D eigenvalue weighted by Gasteiger charge is -2.31. The summed E-state index contributed by atoms with van der Waals surface area (Å²) in [5.74, 6) is 0.0478. The minimum atomic E-state index is -2.91. The number of fused-ring (bicyclic) bond motifs is 1. The minimum absolute atomic E-state index is 0.0478. The Morgan fingerprint density at radius 3 is 2.33 bits per heavy atom. The molecule has 4 aromatic rings. The number of nitrogens with zero attached hydrogens (tertiary/aromatic N) is 1. The summed E-state index contributed by atoms with van der Waals surface area (Å²) in [6, 6.07) is 26.6. The molecule has 0 aliphatic carbocycles. The van der Waals surface area contributed by atoms with E-state index in [9.17, 15) is 13.6 Å². The van der Waals surface area contributed by atoms with E-state index in [1.54, 1.807) is 12.1 Å². The van der Waals surface area contributed by atoms with Crippen LogP contribution in [-0.2, 0) is 0 Å². The number of ether oxygens (including phenoxy) is 1. The SMILES string of the molecule is O=C1NC(c2ccccc2)=C(c2ccc3ccccc3n2)[C@H](c2ccc(OC(F)F)cc2)N1. The molecular formula is C26H19F2N3O2. The summed E-state index contributed by atoms with van der Waals surface area (Å²) in [4.78, 5) is 17.5. The van der Waals surface area contributed by atoms with E-state index in [-0.39, 0.29) is 11.8 Å². The Kier molecular flexibility index (Phi) is 5.44. The number of nitrogens with one attached hydrogen (secondary N) is 2. The third kappa shape index (κ3) is 4.25. The summed E-state index contributed by atoms with van der Waals surface area (Å²) >= 11 is 0. The second-order valence-corrected chi connectivity index (χ2v) is 7.52. The van der Waals surface area contributed by atoms with Crippen LogP contribution in [-0.4, -0.2) is 17.6 Å². The third-order valence-electron chi connectivity index (χ3n) is 5.45. The molecule has 1 atom stereocenters. The van der Waals surface area contributed by atoms with Crippen LogP contribution in [0.2, 0.25) is 0 Å². The predicted molar refractivity (Wildman–Crippen MR) is 122 cm³/mol. The number of pyridine rings is 1. The lowest BCUT2D eigenvalue weighted by Crippen LogP contribution is -2.43. The van der Waals surface area contributed by atoms with Crippen molar-refractivity contribution in [2.24, 2.45) is 0 Å². The quantitative estimate of drug-likeness (QED) is 0.412. The first-order valence-electron chi connectivity index (χ1n) is 10.4. The van der Waals surface area contributed by atoms with Gasteiger partial charge in [-0.1, -0.05) is 66.7 Å². The number of halogens is 2. The van der Waals surface area contributed by atoms with E-state index >= 15 is 0 Å². The number of para-hydroxylation sites is 1. The van der Waals surface area contributed by atoms with Gasteiger partial charge in [-0.05, 0) is 35.4 Å². The second-order valence-electron chi connectivity index (χ2n) is 7.52. The van der Waals surface area contributed by atoms with Gasteiger partial charge < -0.3 is 15.4 Å². The maximum Gasteiger partial charge on any atom is 0.387 e. The van der Waals surface area contributed by atoms with Crippen molar-refractivity contribution in [3.8, 4) is 5.75 Å². The number of carbonyl (C=O) groups is 1. The van der Waals surface area contributed by atoms with E-state index in [4.69, 9.17) is 4.98 Å². The second kappa shape index (κ2) is 8.70. The van der Waals surface area contributed by atoms with Gasteiger partial charge in [-0.15, -0.1) is 0 Å². The topological polar surface area (TPSA) is 63.2 Å². The fourth-order valence-electron chi connectivity index (χ4n) is 3.98. The number of carbonyl (C=O) groups excluding carboxylic acids is 1. The molecule has 0 spiro atoms. The van der Waals surface area contributed by atoms with Crippen LogP contribution < -0.4 is 15.4 Å². The first-order chi connectivity index (χ1) is 16.1. The summed E-state index contributed by atoms with van der Waals surface area (Å²) in [5, 5.41) is 6.89. The van der Waals surface area contributed by atoms with Crippen LogP contribution in [0.4, 0.5) is 13.6 Å². The van der Waals surface area contributed by atoms with Gasteiger partial charge in [0, 0.05) is 11.0 Å². The molecular weight excluding hydrogens is 424 g/mol. The van der Waals surface area contributed by atoms with Crippen molar-refractivity contribution >= 4 is 28.2 Å². The average Bonchev–Trinajstić information content (AvgIpc) is 2.84. The summed E-state index contributed by atoms with van der Waals surface area (Å²) in [5.41, 5.74) is 4.48. The van der Waals surface area contributed by atoms with Gasteiger partial charge in [-0.25, -0.2) is 9.78 Å². The predicted octanol–water partition coefficient (Wildman–Crippen LogP) is 5.76. The average molecular weight is 443 g/mol. The summed E-state index contributed by atoms with van der Waals surface area (Å²) in [6.07, 6.45) is 0. The zero-order valence-corrected chi connectivity index (χ0v) is 17.3. The van der Waals surface area contributed by atoms with Gasteiger partial charge in [0.2, 0.25) is 0 Å². The van der Waals surface area contributed by atoms with Crippen LogP contribution in [0.15, 0.2) is 91.0 Å². The molecule has 5 rings (SSSR count). The number of hydrogen-bond acceptors (Lipinski definition) is 3. The lowest BCUT2D eigenvalue weighted by molar-refractivity contribution is -0.0498. The number of alkyl halides is 2. The summed E-state index contributed by atoms with van der Waals surface area (Å²) < 4.78 is 29.6. The van der Waals surface area contributed by atoms with Crippen molar-refractivity contribution in [3.05, 3.63) is 108 Å². The smallest absolute Gasteiger partial charge is 0.387 e. The normalized spacial score (nSPS) is 16.0. The maximum atomic E-state index is 12.6. The molecule has 0 saturated carbocycles. The standard InChI is InChI=1S/C26H19F2N3O2/c27-25(28)33-19-13-10-18(11-14-19)24-22(21-15-12-16-6-4-5-9-20(16)29-21)23(30-26(32)31-24)17-7-2-1-3-8-17/h1-15,24-25H,(H2,30,31,32)/t24-/m0/s1. The van der Waals surface area contributed by atoms with E-state index in [1.165, 1.54) is 12.1 Å². The molecule has 1 aliphatic heterocycles. The lowest BCUT2D eigenvalue weighted by atomic mass is 9.90. The zero-order valence-electron chi connectivity index (χ0n) is 17.3. The molecule has 0 saturated heterocycles. The van der Waals surface area contributed by atoms with Gasteiger partial charge in [-0.2, -0.15) is 8.78 Å². The molecule has 0 bridgehead atoms. The summed E-state index contributed by atoms with van der Waals surface area (Å²) in [7, 11) is 0. The van der Waals surface area contributed by atoms with Crippen molar-refractivity contribution in [1.29, 1.82) is 0 Å². The molecule has 1 aliphatic rings. The van der Waals surface area contributed by atoms with Gasteiger partial charge in [0.25, 0.3) is 0 Å². The van der Waals surface area contributed by atoms with E-state index in [0.29, 0.717) is 17.0 Å². The van der Waals surface area contributed by atoms with Crippen molar-refractivity contribution < 1.29 is 18.3 Å². The van der Waals surface area contributed by atoms with Gasteiger partial charge in [-0.3, -0.25) is 0 Å². The Hall–Kier alpha value is -4.26. The largest absolute Gasteiger partial charge is 0.435 e. The van der Waals surface area contributed by atoms with Crippen LogP contribution in [0, 0.1) is 0 Å². The molecule has 0 fully saturated rings. The molecule has 0 unspecified atom stereocenters. The van der Waals surface area contributed by atoms with Gasteiger partial charge in [0.1, 0.15) is 5.75 Å². The van der Waals surface area contributed by atoms with Gasteiger partial charge in [0.05, 0.1) is 22.9 Å². The number of rotatable bonds is 5. The van der Waals surface area contributed by atoms with Gasteiger partial charge >= 0.3 is 12.6 Å². The van der Waals surface area contributed by atoms with Crippen LogP contribution in [0.25, 0.3) is 22.2 Å². The van der Waals surface area contributed by atoms with E-state index < -0.39 is 12.7 Å². The molecule has 1 aromatic heterocycles. The Labute approximate surface area is 188 Å². The zero-order chi connectivity index (χ0) is 22.8. The van der Waals surface area contributed by atoms with Crippen molar-refractivity contribution in [3.63, 3.8) is 0 Å². The van der Waals surface area contributed by atoms with Crippen molar-refractivity contribution in [2.45, 2.75) is 12.7 Å². The van der Waals surface area contributed by atoms with Crippen LogP contribution in [0.1, 0.15) is 22.9 Å². The first kappa shape index (κ1) is 20.6.